The summed E-state index contributed by atoms with van der Waals surface area (Å²) in [6.45, 7) is 0.349. The van der Waals surface area contributed by atoms with Crippen LogP contribution in [0, 0.1) is 0 Å². The zero-order valence-electron chi connectivity index (χ0n) is 8.43. The van der Waals surface area contributed by atoms with Crippen molar-refractivity contribution in [1.82, 2.24) is 14.9 Å². The van der Waals surface area contributed by atoms with E-state index in [-0.39, 0.29) is 12.3 Å². The number of hydrogen-bond donors (Lipinski definition) is 2. The summed E-state index contributed by atoms with van der Waals surface area (Å²) in [5.41, 5.74) is 0.341. The third-order valence-corrected chi connectivity index (χ3v) is 1.79. The fraction of sp³-hybridized carbons (Fsp3) is 0.444. The van der Waals surface area contributed by atoms with Gasteiger partial charge in [0.15, 0.2) is 0 Å². The fourth-order valence-electron chi connectivity index (χ4n) is 1.06. The van der Waals surface area contributed by atoms with E-state index in [4.69, 9.17) is 5.11 Å². The molecule has 0 fully saturated rings. The van der Waals surface area contributed by atoms with Gasteiger partial charge in [-0.3, -0.25) is 9.59 Å². The molecule has 0 saturated carbocycles. The van der Waals surface area contributed by atoms with Crippen LogP contribution in [-0.4, -0.2) is 33.1 Å². The van der Waals surface area contributed by atoms with E-state index in [2.05, 4.69) is 10.3 Å². The number of carbonyl (C=O) groups excluding carboxylic acids is 1. The minimum atomic E-state index is -0.859. The molecule has 82 valence electrons. The second kappa shape index (κ2) is 5.14. The molecule has 0 radical (unpaired) electrons. The number of hydrogen-bond acceptors (Lipinski definition) is 3. The molecule has 15 heavy (non-hydrogen) atoms. The average molecular weight is 211 g/mol. The summed E-state index contributed by atoms with van der Waals surface area (Å²) in [4.78, 5) is 25.4. The van der Waals surface area contributed by atoms with Gasteiger partial charge in [0.1, 0.15) is 5.69 Å². The number of rotatable bonds is 5. The van der Waals surface area contributed by atoms with Crippen LogP contribution in [0.5, 0.6) is 0 Å². The van der Waals surface area contributed by atoms with Crippen molar-refractivity contribution < 1.29 is 14.7 Å². The molecule has 6 heteroatoms. The minimum Gasteiger partial charge on any atom is -0.481 e. The highest BCUT2D eigenvalue weighted by atomic mass is 16.4. The summed E-state index contributed by atoms with van der Waals surface area (Å²) in [7, 11) is 1.77. The zero-order chi connectivity index (χ0) is 11.3. The summed E-state index contributed by atoms with van der Waals surface area (Å²) in [5, 5.41) is 11.0. The Kier molecular flexibility index (Phi) is 3.84. The highest BCUT2D eigenvalue weighted by Gasteiger charge is 2.07. The molecule has 0 bridgehead atoms. The SMILES string of the molecule is Cn1cnc(C(=O)NCCCC(=O)O)c1. The number of aliphatic carboxylic acids is 1. The van der Waals surface area contributed by atoms with Crippen LogP contribution in [0.3, 0.4) is 0 Å². The second-order valence-corrected chi connectivity index (χ2v) is 3.18. The van der Waals surface area contributed by atoms with Crippen LogP contribution in [0.4, 0.5) is 0 Å². The van der Waals surface area contributed by atoms with Crippen molar-refractivity contribution >= 4 is 11.9 Å². The van der Waals surface area contributed by atoms with E-state index >= 15 is 0 Å². The Bertz CT molecular complexity index is 359. The van der Waals surface area contributed by atoms with Gasteiger partial charge in [0, 0.05) is 26.2 Å². The first-order chi connectivity index (χ1) is 7.09. The number of nitrogens with one attached hydrogen (secondary N) is 1. The largest absolute Gasteiger partial charge is 0.481 e. The van der Waals surface area contributed by atoms with Gasteiger partial charge >= 0.3 is 5.97 Å². The van der Waals surface area contributed by atoms with Crippen LogP contribution >= 0.6 is 0 Å². The number of carbonyl (C=O) groups is 2. The zero-order valence-corrected chi connectivity index (χ0v) is 8.43. The van der Waals surface area contributed by atoms with Crippen LogP contribution in [-0.2, 0) is 11.8 Å². The minimum absolute atomic E-state index is 0.0580. The Balaban J connectivity index is 2.28. The van der Waals surface area contributed by atoms with Crippen LogP contribution < -0.4 is 5.32 Å². The van der Waals surface area contributed by atoms with E-state index in [1.54, 1.807) is 17.8 Å². The molecule has 1 rings (SSSR count). The molecular weight excluding hydrogens is 198 g/mol. The van der Waals surface area contributed by atoms with Gasteiger partial charge in [0.05, 0.1) is 6.33 Å². The standard InChI is InChI=1S/C9H13N3O3/c1-12-5-7(11-6-12)9(15)10-4-2-3-8(13)14/h5-6H,2-4H2,1H3,(H,10,15)(H,13,14). The number of aromatic nitrogens is 2. The van der Waals surface area contributed by atoms with Gasteiger partial charge in [0.2, 0.25) is 0 Å². The Morgan fingerprint density at radius 1 is 1.60 bits per heavy atom. The van der Waals surface area contributed by atoms with E-state index in [0.29, 0.717) is 18.7 Å². The molecule has 1 aromatic heterocycles. The molecule has 6 nitrogen and oxygen atoms in total. The van der Waals surface area contributed by atoms with Gasteiger partial charge < -0.3 is 15.0 Å². The van der Waals surface area contributed by atoms with E-state index < -0.39 is 5.97 Å². The molecule has 2 N–H and O–H groups in total. The predicted molar refractivity (Wildman–Crippen MR) is 52.4 cm³/mol. The van der Waals surface area contributed by atoms with Crippen molar-refractivity contribution in [2.24, 2.45) is 7.05 Å². The molecule has 0 atom stereocenters. The number of nitrogens with zero attached hydrogens (tertiary/aromatic N) is 2. The van der Waals surface area contributed by atoms with Gasteiger partial charge in [-0.15, -0.1) is 0 Å². The molecule has 0 aromatic carbocycles. The maximum Gasteiger partial charge on any atom is 0.303 e. The monoisotopic (exact) mass is 211 g/mol. The molecule has 1 heterocycles. The second-order valence-electron chi connectivity index (χ2n) is 3.18. The van der Waals surface area contributed by atoms with Crippen LogP contribution in [0.2, 0.25) is 0 Å². The summed E-state index contributed by atoms with van der Waals surface area (Å²) in [6.07, 6.45) is 3.62. The lowest BCUT2D eigenvalue weighted by Crippen LogP contribution is -2.25. The van der Waals surface area contributed by atoms with Gasteiger partial charge in [-0.25, -0.2) is 4.98 Å². The number of carboxylic acids is 1. The normalized spacial score (nSPS) is 9.93. The lowest BCUT2D eigenvalue weighted by molar-refractivity contribution is -0.137. The maximum atomic E-state index is 11.4. The lowest BCUT2D eigenvalue weighted by Gasteiger charge is -2.00. The van der Waals surface area contributed by atoms with Crippen LogP contribution in [0.1, 0.15) is 23.3 Å². The average Bonchev–Trinajstić information content (AvgIpc) is 2.59. The first-order valence-electron chi connectivity index (χ1n) is 4.57. The molecule has 1 aromatic rings. The third kappa shape index (κ3) is 3.80. The molecule has 0 aliphatic rings. The molecule has 0 spiro atoms. The molecule has 0 aliphatic carbocycles. The quantitative estimate of drug-likeness (QED) is 0.672. The highest BCUT2D eigenvalue weighted by Crippen LogP contribution is 1.94. The highest BCUT2D eigenvalue weighted by molar-refractivity contribution is 5.91. The molecular formula is C9H13N3O3. The van der Waals surface area contributed by atoms with E-state index in [1.165, 1.54) is 6.33 Å². The first-order valence-corrected chi connectivity index (χ1v) is 4.57. The molecule has 0 unspecified atom stereocenters. The Morgan fingerprint density at radius 2 is 2.33 bits per heavy atom. The van der Waals surface area contributed by atoms with E-state index in [9.17, 15) is 9.59 Å². The van der Waals surface area contributed by atoms with Crippen molar-refractivity contribution in [3.63, 3.8) is 0 Å². The Hall–Kier alpha value is -1.85. The fourth-order valence-corrected chi connectivity index (χ4v) is 1.06. The van der Waals surface area contributed by atoms with Crippen molar-refractivity contribution in [1.29, 1.82) is 0 Å². The maximum absolute atomic E-state index is 11.4. The van der Waals surface area contributed by atoms with E-state index in [0.717, 1.165) is 0 Å². The van der Waals surface area contributed by atoms with Crippen LogP contribution in [0.25, 0.3) is 0 Å². The molecule has 0 saturated heterocycles. The van der Waals surface area contributed by atoms with Gasteiger partial charge in [-0.1, -0.05) is 0 Å². The summed E-state index contributed by atoms with van der Waals surface area (Å²) >= 11 is 0. The van der Waals surface area contributed by atoms with E-state index in [1.807, 2.05) is 0 Å². The summed E-state index contributed by atoms with van der Waals surface area (Å²) in [6, 6.07) is 0. The smallest absolute Gasteiger partial charge is 0.303 e. The van der Waals surface area contributed by atoms with Crippen molar-refractivity contribution in [3.05, 3.63) is 18.2 Å². The third-order valence-electron chi connectivity index (χ3n) is 1.79. The number of aryl methyl sites for hydroxylation is 1. The van der Waals surface area contributed by atoms with Gasteiger partial charge in [0.25, 0.3) is 5.91 Å². The predicted octanol–water partition coefficient (Wildman–Crippen LogP) is 0.0147. The Labute approximate surface area is 86.9 Å². The topological polar surface area (TPSA) is 84.2 Å². The number of carboxylic acid groups (broad SMARTS) is 1. The van der Waals surface area contributed by atoms with Crippen LogP contribution in [0.15, 0.2) is 12.5 Å². The first kappa shape index (κ1) is 11.2. The molecule has 0 aliphatic heterocycles. The van der Waals surface area contributed by atoms with Crippen molar-refractivity contribution in [3.8, 4) is 0 Å². The summed E-state index contributed by atoms with van der Waals surface area (Å²) in [5.74, 6) is -1.14. The number of amides is 1. The van der Waals surface area contributed by atoms with Crippen molar-refractivity contribution in [2.45, 2.75) is 12.8 Å². The Morgan fingerprint density at radius 3 is 2.87 bits per heavy atom. The molecule has 1 amide bonds. The van der Waals surface area contributed by atoms with Crippen molar-refractivity contribution in [2.75, 3.05) is 6.54 Å². The van der Waals surface area contributed by atoms with Gasteiger partial charge in [-0.2, -0.15) is 0 Å². The lowest BCUT2D eigenvalue weighted by atomic mass is 10.3. The van der Waals surface area contributed by atoms with Gasteiger partial charge in [-0.05, 0) is 6.42 Å². The summed E-state index contributed by atoms with van der Waals surface area (Å²) < 4.78 is 1.67. The number of imidazole rings is 1.